The number of aromatic nitrogens is 3. The molecule has 1 unspecified atom stereocenters. The fourth-order valence-corrected chi connectivity index (χ4v) is 1.44. The van der Waals surface area contributed by atoms with E-state index in [0.29, 0.717) is 17.3 Å². The Bertz CT molecular complexity index is 499. The van der Waals surface area contributed by atoms with Crippen LogP contribution in [0.2, 0.25) is 0 Å². The number of rotatable bonds is 3. The first-order chi connectivity index (χ1) is 8.22. The van der Waals surface area contributed by atoms with Crippen LogP contribution in [-0.2, 0) is 0 Å². The number of nitrogen functional groups attached to an aromatic ring is 1. The molecule has 2 aromatic rings. The van der Waals surface area contributed by atoms with Gasteiger partial charge in [0.2, 0.25) is 5.88 Å². The monoisotopic (exact) mass is 231 g/mol. The molecular formula is C11H13N5O. The average Bonchev–Trinajstić information content (AvgIpc) is 2.39. The van der Waals surface area contributed by atoms with E-state index in [0.717, 1.165) is 5.56 Å². The predicted molar refractivity (Wildman–Crippen MR) is 63.3 cm³/mol. The fraction of sp³-hybridized carbons (Fsp3) is 0.182. The molecule has 0 saturated carbocycles. The van der Waals surface area contributed by atoms with Crippen LogP contribution in [0.3, 0.4) is 0 Å². The van der Waals surface area contributed by atoms with Gasteiger partial charge in [0.15, 0.2) is 0 Å². The summed E-state index contributed by atoms with van der Waals surface area (Å²) in [6, 6.07) is 4.71. The van der Waals surface area contributed by atoms with E-state index in [1.807, 2.05) is 0 Å². The van der Waals surface area contributed by atoms with Crippen LogP contribution in [0.4, 0.5) is 5.69 Å². The summed E-state index contributed by atoms with van der Waals surface area (Å²) in [5, 5.41) is 7.84. The Balaban J connectivity index is 2.30. The molecule has 2 heterocycles. The largest absolute Gasteiger partial charge is 0.480 e. The van der Waals surface area contributed by atoms with Crippen LogP contribution < -0.4 is 16.2 Å². The molecule has 0 saturated heterocycles. The second kappa shape index (κ2) is 4.75. The molecule has 2 aromatic heterocycles. The van der Waals surface area contributed by atoms with Crippen LogP contribution in [0.1, 0.15) is 17.3 Å². The van der Waals surface area contributed by atoms with Crippen molar-refractivity contribution in [2.24, 2.45) is 5.73 Å². The van der Waals surface area contributed by atoms with Gasteiger partial charge in [0.1, 0.15) is 0 Å². The van der Waals surface area contributed by atoms with E-state index in [4.69, 9.17) is 16.2 Å². The summed E-state index contributed by atoms with van der Waals surface area (Å²) in [4.78, 5) is 3.99. The van der Waals surface area contributed by atoms with Gasteiger partial charge < -0.3 is 16.2 Å². The Labute approximate surface area is 98.6 Å². The number of hydrogen-bond donors (Lipinski definition) is 2. The van der Waals surface area contributed by atoms with Crippen LogP contribution in [0.5, 0.6) is 5.88 Å². The molecule has 4 N–H and O–H groups in total. The van der Waals surface area contributed by atoms with Gasteiger partial charge in [0, 0.05) is 29.7 Å². The number of nitrogens with two attached hydrogens (primary N) is 2. The smallest absolute Gasteiger partial charge is 0.233 e. The van der Waals surface area contributed by atoms with Crippen molar-refractivity contribution in [3.63, 3.8) is 0 Å². The lowest BCUT2D eigenvalue weighted by Crippen LogP contribution is -2.16. The lowest BCUT2D eigenvalue weighted by atomic mass is 10.1. The number of nitrogens with zero attached hydrogens (tertiary/aromatic N) is 3. The third-order valence-electron chi connectivity index (χ3n) is 2.41. The van der Waals surface area contributed by atoms with E-state index < -0.39 is 6.04 Å². The maximum absolute atomic E-state index is 6.05. The molecule has 2 rings (SSSR count). The highest BCUT2D eigenvalue weighted by atomic mass is 16.5. The van der Waals surface area contributed by atoms with Crippen molar-refractivity contribution < 1.29 is 4.74 Å². The van der Waals surface area contributed by atoms with Crippen molar-refractivity contribution in [2.75, 3.05) is 12.8 Å². The zero-order valence-electron chi connectivity index (χ0n) is 9.37. The van der Waals surface area contributed by atoms with E-state index in [9.17, 15) is 0 Å². The normalized spacial score (nSPS) is 12.1. The minimum Gasteiger partial charge on any atom is -0.480 e. The van der Waals surface area contributed by atoms with E-state index in [-0.39, 0.29) is 0 Å². The predicted octanol–water partition coefficient (Wildman–Crippen LogP) is 0.510. The Hall–Kier alpha value is -2.21. The van der Waals surface area contributed by atoms with Gasteiger partial charge >= 0.3 is 0 Å². The number of anilines is 1. The first-order valence-corrected chi connectivity index (χ1v) is 5.05. The molecule has 0 aromatic carbocycles. The highest BCUT2D eigenvalue weighted by Crippen LogP contribution is 2.22. The Morgan fingerprint density at radius 1 is 1.24 bits per heavy atom. The Kier molecular flexibility index (Phi) is 3.15. The SMILES string of the molecule is COc1ccc(C(N)c2cnccc2N)nn1. The van der Waals surface area contributed by atoms with Crippen molar-refractivity contribution >= 4 is 5.69 Å². The third-order valence-corrected chi connectivity index (χ3v) is 2.41. The lowest BCUT2D eigenvalue weighted by molar-refractivity contribution is 0.390. The summed E-state index contributed by atoms with van der Waals surface area (Å²) in [7, 11) is 1.53. The maximum atomic E-state index is 6.05. The van der Waals surface area contributed by atoms with Gasteiger partial charge in [0.05, 0.1) is 18.8 Å². The summed E-state index contributed by atoms with van der Waals surface area (Å²) >= 11 is 0. The van der Waals surface area contributed by atoms with Gasteiger partial charge in [-0.05, 0) is 12.1 Å². The van der Waals surface area contributed by atoms with Gasteiger partial charge in [0.25, 0.3) is 0 Å². The van der Waals surface area contributed by atoms with Gasteiger partial charge in [-0.25, -0.2) is 0 Å². The second-order valence-corrected chi connectivity index (χ2v) is 3.48. The van der Waals surface area contributed by atoms with Crippen molar-refractivity contribution in [3.05, 3.63) is 41.9 Å². The molecule has 0 aliphatic carbocycles. The van der Waals surface area contributed by atoms with Crippen LogP contribution in [-0.4, -0.2) is 22.3 Å². The summed E-state index contributed by atoms with van der Waals surface area (Å²) < 4.78 is 4.93. The molecule has 0 aliphatic rings. The summed E-state index contributed by atoms with van der Waals surface area (Å²) in [6.45, 7) is 0. The summed E-state index contributed by atoms with van der Waals surface area (Å²) in [5.41, 5.74) is 13.8. The Morgan fingerprint density at radius 3 is 2.65 bits per heavy atom. The topological polar surface area (TPSA) is 99.9 Å². The molecule has 0 aliphatic heterocycles. The van der Waals surface area contributed by atoms with Crippen LogP contribution in [0.25, 0.3) is 0 Å². The Morgan fingerprint density at radius 2 is 2.06 bits per heavy atom. The van der Waals surface area contributed by atoms with Gasteiger partial charge in [-0.1, -0.05) is 0 Å². The fourth-order valence-electron chi connectivity index (χ4n) is 1.44. The molecular weight excluding hydrogens is 218 g/mol. The van der Waals surface area contributed by atoms with Crippen LogP contribution >= 0.6 is 0 Å². The maximum Gasteiger partial charge on any atom is 0.233 e. The van der Waals surface area contributed by atoms with Crippen molar-refractivity contribution in [1.82, 2.24) is 15.2 Å². The molecule has 88 valence electrons. The molecule has 6 nitrogen and oxygen atoms in total. The molecule has 0 spiro atoms. The minimum absolute atomic E-state index is 0.442. The molecule has 0 radical (unpaired) electrons. The van der Waals surface area contributed by atoms with Crippen molar-refractivity contribution in [3.8, 4) is 5.88 Å². The van der Waals surface area contributed by atoms with Gasteiger partial charge in [-0.15, -0.1) is 10.2 Å². The third kappa shape index (κ3) is 2.31. The van der Waals surface area contributed by atoms with Gasteiger partial charge in [-0.3, -0.25) is 4.98 Å². The first-order valence-electron chi connectivity index (χ1n) is 5.05. The zero-order chi connectivity index (χ0) is 12.3. The summed E-state index contributed by atoms with van der Waals surface area (Å²) in [5.74, 6) is 0.445. The van der Waals surface area contributed by atoms with E-state index >= 15 is 0 Å². The lowest BCUT2D eigenvalue weighted by Gasteiger charge is -2.12. The number of hydrogen-bond acceptors (Lipinski definition) is 6. The number of ether oxygens (including phenoxy) is 1. The van der Waals surface area contributed by atoms with Gasteiger partial charge in [-0.2, -0.15) is 0 Å². The molecule has 0 amide bonds. The molecule has 0 bridgehead atoms. The zero-order valence-corrected chi connectivity index (χ0v) is 9.37. The second-order valence-electron chi connectivity index (χ2n) is 3.48. The first kappa shape index (κ1) is 11.3. The van der Waals surface area contributed by atoms with Crippen LogP contribution in [0, 0.1) is 0 Å². The molecule has 6 heteroatoms. The minimum atomic E-state index is -0.442. The molecule has 0 fully saturated rings. The molecule has 1 atom stereocenters. The highest BCUT2D eigenvalue weighted by Gasteiger charge is 2.14. The van der Waals surface area contributed by atoms with Crippen molar-refractivity contribution in [1.29, 1.82) is 0 Å². The van der Waals surface area contributed by atoms with E-state index in [2.05, 4.69) is 15.2 Å². The van der Waals surface area contributed by atoms with Crippen molar-refractivity contribution in [2.45, 2.75) is 6.04 Å². The quantitative estimate of drug-likeness (QED) is 0.798. The standard InChI is InChI=1S/C11H13N5O/c1-17-10-3-2-9(15-16-10)11(13)7-6-14-5-4-8(7)12/h2-6,11H,13H2,1H3,(H2,12,14). The summed E-state index contributed by atoms with van der Waals surface area (Å²) in [6.07, 6.45) is 3.25. The number of pyridine rings is 1. The molecule has 17 heavy (non-hydrogen) atoms. The van der Waals surface area contributed by atoms with E-state index in [1.54, 1.807) is 30.6 Å². The highest BCUT2D eigenvalue weighted by molar-refractivity contribution is 5.48. The van der Waals surface area contributed by atoms with E-state index in [1.165, 1.54) is 7.11 Å². The number of methoxy groups -OCH3 is 1. The van der Waals surface area contributed by atoms with Crippen LogP contribution in [0.15, 0.2) is 30.6 Å². The average molecular weight is 231 g/mol.